The molecule has 2 heterocycles. The lowest BCUT2D eigenvalue weighted by atomic mass is 10.1. The highest BCUT2D eigenvalue weighted by molar-refractivity contribution is 5.63. The molecule has 2 aliphatic heterocycles. The van der Waals surface area contributed by atoms with Gasteiger partial charge >= 0.3 is 6.16 Å². The number of cyclic esters (lactones) is 2. The van der Waals surface area contributed by atoms with Gasteiger partial charge in [0.1, 0.15) is 12.2 Å². The second-order valence-electron chi connectivity index (χ2n) is 2.81. The second-order valence-corrected chi connectivity index (χ2v) is 2.81. The van der Waals surface area contributed by atoms with Crippen molar-refractivity contribution in [2.75, 3.05) is 6.61 Å². The van der Waals surface area contributed by atoms with Crippen molar-refractivity contribution in [3.63, 3.8) is 0 Å². The van der Waals surface area contributed by atoms with Crippen molar-refractivity contribution in [2.24, 2.45) is 0 Å². The van der Waals surface area contributed by atoms with Crippen LogP contribution >= 0.6 is 0 Å². The summed E-state index contributed by atoms with van der Waals surface area (Å²) in [6.45, 7) is -1.28. The van der Waals surface area contributed by atoms with Gasteiger partial charge in [-0.05, 0) is 0 Å². The van der Waals surface area contributed by atoms with Crippen LogP contribution in [0.15, 0.2) is 0 Å². The van der Waals surface area contributed by atoms with Crippen LogP contribution in [-0.2, 0) is 18.9 Å². The zero-order valence-corrected chi connectivity index (χ0v) is 6.95. The maximum atomic E-state index is 10.7. The maximum absolute atomic E-state index is 10.7. The van der Waals surface area contributed by atoms with Crippen molar-refractivity contribution in [2.45, 2.75) is 24.8 Å². The molecule has 7 heteroatoms. The van der Waals surface area contributed by atoms with E-state index < -0.39 is 30.9 Å². The quantitative estimate of drug-likeness (QED) is 0.549. The summed E-state index contributed by atoms with van der Waals surface area (Å²) in [5, 5.41) is 17.5. The van der Waals surface area contributed by atoms with Gasteiger partial charge in [-0.3, -0.25) is 0 Å². The van der Waals surface area contributed by atoms with Gasteiger partial charge in [0.15, 0.2) is 6.10 Å². The molecule has 0 saturated carbocycles. The summed E-state index contributed by atoms with van der Waals surface area (Å²) in [7, 11) is 0. The van der Waals surface area contributed by atoms with E-state index in [0.29, 0.717) is 0 Å². The van der Waals surface area contributed by atoms with E-state index in [2.05, 4.69) is 9.47 Å². The van der Waals surface area contributed by atoms with E-state index in [1.165, 1.54) is 0 Å². The molecule has 0 spiro atoms. The van der Waals surface area contributed by atoms with Crippen LogP contribution in [0.5, 0.6) is 0 Å². The third kappa shape index (κ3) is 1.50. The third-order valence-electron chi connectivity index (χ3n) is 1.94. The van der Waals surface area contributed by atoms with Crippen LogP contribution in [0.25, 0.3) is 0 Å². The first kappa shape index (κ1) is 9.21. The van der Waals surface area contributed by atoms with E-state index in [1.807, 2.05) is 0 Å². The Hall–Kier alpha value is -1.36. The number of carbonyl (C=O) groups is 1. The fraction of sp³-hybridized carbons (Fsp3) is 0.714. The number of aliphatic hydroxyl groups is 1. The van der Waals surface area contributed by atoms with E-state index in [0.717, 1.165) is 0 Å². The van der Waals surface area contributed by atoms with Crippen LogP contribution in [0, 0.1) is 11.3 Å². The molecular weight excluding hydrogens is 194 g/mol. The van der Waals surface area contributed by atoms with Gasteiger partial charge < -0.3 is 24.1 Å². The molecule has 2 fully saturated rings. The number of aliphatic hydroxyl groups excluding tert-OH is 1. The molecule has 0 aromatic heterocycles. The zero-order chi connectivity index (χ0) is 10.1. The fourth-order valence-corrected chi connectivity index (χ4v) is 1.32. The molecule has 4 atom stereocenters. The number of hydrogen-bond donors (Lipinski definition) is 1. The number of rotatable bonds is 1. The first-order chi connectivity index (χ1) is 6.70. The smallest absolute Gasteiger partial charge is 0.423 e. The van der Waals surface area contributed by atoms with Gasteiger partial charge in [0.05, 0.1) is 6.61 Å². The molecule has 1 N–H and O–H groups in total. The van der Waals surface area contributed by atoms with Crippen molar-refractivity contribution in [3.8, 4) is 6.07 Å². The lowest BCUT2D eigenvalue weighted by molar-refractivity contribution is -0.210. The van der Waals surface area contributed by atoms with E-state index in [9.17, 15) is 4.79 Å². The summed E-state index contributed by atoms with van der Waals surface area (Å²) < 4.78 is 18.8. The number of ether oxygens (including phenoxy) is 4. The molecule has 7 nitrogen and oxygen atoms in total. The Balaban J connectivity index is 2.03. The standard InChI is InChI=1S/C7H7NO6/c8-1-3-5(14-7(10)12-3)4-2-11-6(9)13-4/h3-6,9H,2H2. The molecule has 0 aromatic rings. The topological polar surface area (TPSA) is 98.0 Å². The highest BCUT2D eigenvalue weighted by Gasteiger charge is 2.46. The molecule has 14 heavy (non-hydrogen) atoms. The molecule has 0 aliphatic carbocycles. The van der Waals surface area contributed by atoms with Crippen LogP contribution in [0.4, 0.5) is 4.79 Å². The Morgan fingerprint density at radius 1 is 1.50 bits per heavy atom. The van der Waals surface area contributed by atoms with Crippen molar-refractivity contribution in [1.29, 1.82) is 5.26 Å². The predicted octanol–water partition coefficient (Wildman–Crippen LogP) is -0.895. The monoisotopic (exact) mass is 201 g/mol. The Morgan fingerprint density at radius 3 is 2.86 bits per heavy atom. The van der Waals surface area contributed by atoms with Gasteiger partial charge in [0.2, 0.25) is 6.10 Å². The third-order valence-corrected chi connectivity index (χ3v) is 1.94. The van der Waals surface area contributed by atoms with Crippen molar-refractivity contribution in [1.82, 2.24) is 0 Å². The van der Waals surface area contributed by atoms with Crippen molar-refractivity contribution < 1.29 is 28.8 Å². The zero-order valence-electron chi connectivity index (χ0n) is 6.95. The van der Waals surface area contributed by atoms with Gasteiger partial charge in [-0.2, -0.15) is 5.26 Å². The molecule has 0 radical (unpaired) electrons. The molecule has 0 amide bonds. The Kier molecular flexibility index (Phi) is 2.25. The lowest BCUT2D eigenvalue weighted by Crippen LogP contribution is -2.36. The Labute approximate surface area is 78.7 Å². The highest BCUT2D eigenvalue weighted by Crippen LogP contribution is 2.24. The van der Waals surface area contributed by atoms with Gasteiger partial charge in [-0.25, -0.2) is 4.79 Å². The van der Waals surface area contributed by atoms with E-state index >= 15 is 0 Å². The van der Waals surface area contributed by atoms with Crippen molar-refractivity contribution >= 4 is 6.16 Å². The largest absolute Gasteiger partial charge is 0.510 e. The number of nitriles is 1. The van der Waals surface area contributed by atoms with Gasteiger partial charge in [0.25, 0.3) is 6.48 Å². The van der Waals surface area contributed by atoms with Gasteiger partial charge in [-0.1, -0.05) is 0 Å². The molecule has 4 unspecified atom stereocenters. The fourth-order valence-electron chi connectivity index (χ4n) is 1.32. The van der Waals surface area contributed by atoms with E-state index in [1.54, 1.807) is 6.07 Å². The number of nitrogens with zero attached hydrogens (tertiary/aromatic N) is 1. The Morgan fingerprint density at radius 2 is 2.29 bits per heavy atom. The summed E-state index contributed by atoms with van der Waals surface area (Å²) in [4.78, 5) is 10.7. The first-order valence-electron chi connectivity index (χ1n) is 3.92. The minimum atomic E-state index is -1.33. The molecule has 76 valence electrons. The van der Waals surface area contributed by atoms with Gasteiger partial charge in [0, 0.05) is 0 Å². The summed E-state index contributed by atoms with van der Waals surface area (Å²) in [5.41, 5.74) is 0. The average molecular weight is 201 g/mol. The van der Waals surface area contributed by atoms with Crippen LogP contribution in [0.3, 0.4) is 0 Å². The molecule has 2 saturated heterocycles. The van der Waals surface area contributed by atoms with Crippen LogP contribution < -0.4 is 0 Å². The Bertz CT molecular complexity index is 286. The SMILES string of the molecule is N#CC1OC(=O)OC1C1COC(O)O1. The van der Waals surface area contributed by atoms with Crippen LogP contribution in [0.1, 0.15) is 0 Å². The predicted molar refractivity (Wildman–Crippen MR) is 37.6 cm³/mol. The number of hydrogen-bond acceptors (Lipinski definition) is 7. The minimum absolute atomic E-state index is 0.0562. The van der Waals surface area contributed by atoms with Crippen molar-refractivity contribution in [3.05, 3.63) is 0 Å². The maximum Gasteiger partial charge on any atom is 0.510 e. The van der Waals surface area contributed by atoms with Crippen LogP contribution in [0.2, 0.25) is 0 Å². The first-order valence-corrected chi connectivity index (χ1v) is 3.92. The summed E-state index contributed by atoms with van der Waals surface area (Å²) in [6, 6.07) is 1.75. The highest BCUT2D eigenvalue weighted by atomic mass is 16.8. The van der Waals surface area contributed by atoms with E-state index in [-0.39, 0.29) is 6.61 Å². The molecule has 0 bridgehead atoms. The lowest BCUT2D eigenvalue weighted by Gasteiger charge is -2.14. The summed E-state index contributed by atoms with van der Waals surface area (Å²) >= 11 is 0. The molecule has 2 aliphatic rings. The molecule has 2 rings (SSSR count). The summed E-state index contributed by atoms with van der Waals surface area (Å²) in [6.07, 6.45) is -3.43. The van der Waals surface area contributed by atoms with Crippen LogP contribution in [-0.4, -0.2) is 42.7 Å². The van der Waals surface area contributed by atoms with Gasteiger partial charge in [-0.15, -0.1) is 0 Å². The molecular formula is C7H7NO6. The normalized spacial score (nSPS) is 41.6. The molecule has 0 aromatic carbocycles. The summed E-state index contributed by atoms with van der Waals surface area (Å²) in [5.74, 6) is 0. The second kappa shape index (κ2) is 3.42. The number of carbonyl (C=O) groups excluding carboxylic acids is 1. The van der Waals surface area contributed by atoms with E-state index in [4.69, 9.17) is 19.8 Å². The average Bonchev–Trinajstić information content (AvgIpc) is 2.71. The minimum Gasteiger partial charge on any atom is -0.423 e.